The minimum atomic E-state index is -0.519. The molecule has 0 saturated carbocycles. The molecular weight excluding hydrogens is 388 g/mol. The Morgan fingerprint density at radius 2 is 1.03 bits per heavy atom. The molecule has 0 spiro atoms. The highest BCUT2D eigenvalue weighted by atomic mass is 16.6. The summed E-state index contributed by atoms with van der Waals surface area (Å²) in [6.07, 6.45) is 3.67. The van der Waals surface area contributed by atoms with E-state index < -0.39 is 9.85 Å². The molecule has 4 aromatic heterocycles. The van der Waals surface area contributed by atoms with Crippen LogP contribution in [0.2, 0.25) is 0 Å². The van der Waals surface area contributed by atoms with Gasteiger partial charge in [-0.3, -0.25) is 20.2 Å². The standard InChI is InChI=1S/C20H14N6O4/c27-25(28)19-15-5-3-13(22-15)9-11-1-2-12(21-11)10-14-4-6-16(23-14)20(26(29)30)18-8-7-17(19)24-18/h1-10,21-24H. The second-order valence-corrected chi connectivity index (χ2v) is 6.81. The Hall–Kier alpha value is -4.60. The lowest BCUT2D eigenvalue weighted by Gasteiger charge is -1.95. The summed E-state index contributed by atoms with van der Waals surface area (Å²) in [6, 6.07) is 13.3. The number of nitro groups is 2. The highest BCUT2D eigenvalue weighted by molar-refractivity contribution is 5.60. The monoisotopic (exact) mass is 402 g/mol. The van der Waals surface area contributed by atoms with Gasteiger partial charge in [-0.2, -0.15) is 0 Å². The molecule has 0 aliphatic carbocycles. The van der Waals surface area contributed by atoms with Crippen LogP contribution < -0.4 is 21.4 Å². The number of H-pyrrole nitrogens is 4. The third-order valence-corrected chi connectivity index (χ3v) is 4.84. The molecule has 1 aliphatic heterocycles. The van der Waals surface area contributed by atoms with Gasteiger partial charge in [0.15, 0.2) is 0 Å². The zero-order chi connectivity index (χ0) is 20.8. The average molecular weight is 402 g/mol. The normalized spacial score (nSPS) is 12.9. The first kappa shape index (κ1) is 17.5. The van der Waals surface area contributed by atoms with Crippen molar-refractivity contribution in [3.05, 3.63) is 113 Å². The van der Waals surface area contributed by atoms with Crippen LogP contribution in [0.4, 0.5) is 0 Å². The van der Waals surface area contributed by atoms with Crippen LogP contribution in [0.1, 0.15) is 22.8 Å². The van der Waals surface area contributed by atoms with E-state index in [1.54, 1.807) is 24.3 Å². The highest BCUT2D eigenvalue weighted by Crippen LogP contribution is 2.14. The molecule has 1 aliphatic rings. The molecule has 8 bridgehead atoms. The fraction of sp³-hybridized carbons (Fsp3) is 0. The number of fused-ring (bicyclic) bond motifs is 8. The maximum atomic E-state index is 11.8. The van der Waals surface area contributed by atoms with Crippen molar-refractivity contribution >= 4 is 23.5 Å². The van der Waals surface area contributed by atoms with Crippen LogP contribution in [0.5, 0.6) is 0 Å². The van der Waals surface area contributed by atoms with Crippen LogP contribution in [0.25, 0.3) is 23.5 Å². The Kier molecular flexibility index (Phi) is 3.78. The van der Waals surface area contributed by atoms with Crippen LogP contribution in [-0.2, 0) is 0 Å². The van der Waals surface area contributed by atoms with Gasteiger partial charge >= 0.3 is 11.4 Å². The quantitative estimate of drug-likeness (QED) is 0.272. The maximum Gasteiger partial charge on any atom is 0.315 e. The van der Waals surface area contributed by atoms with Crippen molar-refractivity contribution < 1.29 is 9.85 Å². The molecule has 5 rings (SSSR count). The Bertz CT molecular complexity index is 1450. The van der Waals surface area contributed by atoms with E-state index in [-0.39, 0.29) is 33.5 Å². The average Bonchev–Trinajstić information content (AvgIpc) is 3.46. The SMILES string of the molecule is O=[N+]([O-])C1=c2ccc([nH]2)=C([N+](=O)[O-])c2ccc([nH]2)C=c2ccc([nH]2)=Cc2ccc1[nH]2. The number of nitrogens with one attached hydrogen (secondary N) is 4. The van der Waals surface area contributed by atoms with E-state index >= 15 is 0 Å². The number of nitrogens with zero attached hydrogens (tertiary/aromatic N) is 2. The second kappa shape index (κ2) is 6.48. The van der Waals surface area contributed by atoms with Gasteiger partial charge in [0, 0.05) is 22.1 Å². The summed E-state index contributed by atoms with van der Waals surface area (Å²) in [4.78, 5) is 34.6. The highest BCUT2D eigenvalue weighted by Gasteiger charge is 2.21. The number of hydrogen-bond donors (Lipinski definition) is 4. The molecule has 0 atom stereocenters. The number of hydrogen-bond acceptors (Lipinski definition) is 4. The second-order valence-electron chi connectivity index (χ2n) is 6.81. The smallest absolute Gasteiger partial charge is 0.315 e. The van der Waals surface area contributed by atoms with E-state index in [0.717, 1.165) is 10.7 Å². The van der Waals surface area contributed by atoms with Crippen molar-refractivity contribution in [3.63, 3.8) is 0 Å². The predicted octanol–water partition coefficient (Wildman–Crippen LogP) is -0.164. The van der Waals surface area contributed by atoms with Gasteiger partial charge in [-0.15, -0.1) is 0 Å². The van der Waals surface area contributed by atoms with Gasteiger partial charge in [-0.05, 0) is 60.7 Å². The van der Waals surface area contributed by atoms with Gasteiger partial charge in [-0.1, -0.05) is 0 Å². The fourth-order valence-corrected chi connectivity index (χ4v) is 3.56. The Labute approximate surface area is 166 Å². The lowest BCUT2D eigenvalue weighted by atomic mass is 10.3. The first-order valence-corrected chi connectivity index (χ1v) is 8.97. The molecule has 4 N–H and O–H groups in total. The summed E-state index contributed by atoms with van der Waals surface area (Å²) >= 11 is 0. The van der Waals surface area contributed by atoms with Crippen molar-refractivity contribution in [2.45, 2.75) is 0 Å². The van der Waals surface area contributed by atoms with Gasteiger partial charge in [0.1, 0.15) is 22.1 Å². The van der Waals surface area contributed by atoms with Gasteiger partial charge in [0.25, 0.3) is 0 Å². The zero-order valence-electron chi connectivity index (χ0n) is 15.3. The molecule has 0 radical (unpaired) electrons. The van der Waals surface area contributed by atoms with Crippen molar-refractivity contribution in [1.29, 1.82) is 0 Å². The molecule has 148 valence electrons. The van der Waals surface area contributed by atoms with E-state index in [9.17, 15) is 20.2 Å². The first-order valence-electron chi connectivity index (χ1n) is 8.97. The number of aromatic nitrogens is 4. The van der Waals surface area contributed by atoms with E-state index in [1.165, 1.54) is 12.1 Å². The van der Waals surface area contributed by atoms with Gasteiger partial charge in [0.05, 0.1) is 9.85 Å². The molecule has 0 fully saturated rings. The molecule has 0 unspecified atom stereocenters. The summed E-state index contributed by atoms with van der Waals surface area (Å²) in [5, 5.41) is 25.5. The first-order chi connectivity index (χ1) is 14.5. The van der Waals surface area contributed by atoms with Gasteiger partial charge in [-0.25, -0.2) is 0 Å². The zero-order valence-corrected chi connectivity index (χ0v) is 15.3. The van der Waals surface area contributed by atoms with Crippen LogP contribution in [0.3, 0.4) is 0 Å². The number of rotatable bonds is 2. The van der Waals surface area contributed by atoms with Crippen LogP contribution in [-0.4, -0.2) is 29.8 Å². The molecule has 4 aromatic rings. The van der Waals surface area contributed by atoms with E-state index in [1.807, 2.05) is 24.3 Å². The molecular formula is C20H14N6O4. The van der Waals surface area contributed by atoms with Crippen molar-refractivity contribution in [3.8, 4) is 0 Å². The minimum absolute atomic E-state index is 0.162. The van der Waals surface area contributed by atoms with Gasteiger partial charge in [0.2, 0.25) is 0 Å². The molecule has 10 heteroatoms. The van der Waals surface area contributed by atoms with Crippen molar-refractivity contribution in [2.75, 3.05) is 0 Å². The maximum absolute atomic E-state index is 11.8. The Morgan fingerprint density at radius 3 is 1.47 bits per heavy atom. The molecule has 10 nitrogen and oxygen atoms in total. The fourth-order valence-electron chi connectivity index (χ4n) is 3.56. The lowest BCUT2D eigenvalue weighted by Crippen LogP contribution is -2.21. The van der Waals surface area contributed by atoms with E-state index in [0.29, 0.717) is 11.4 Å². The third kappa shape index (κ3) is 2.92. The molecule has 5 heterocycles. The Balaban J connectivity index is 1.91. The summed E-state index contributed by atoms with van der Waals surface area (Å²) in [6.45, 7) is 0. The lowest BCUT2D eigenvalue weighted by molar-refractivity contribution is -0.377. The molecule has 0 saturated heterocycles. The van der Waals surface area contributed by atoms with Crippen molar-refractivity contribution in [1.82, 2.24) is 19.9 Å². The van der Waals surface area contributed by atoms with Crippen LogP contribution >= 0.6 is 0 Å². The predicted molar refractivity (Wildman–Crippen MR) is 108 cm³/mol. The summed E-state index contributed by atoms with van der Waals surface area (Å²) in [5.41, 5.74) is 1.52. The van der Waals surface area contributed by atoms with Gasteiger partial charge < -0.3 is 19.9 Å². The summed E-state index contributed by atoms with van der Waals surface area (Å²) < 4.78 is 0. The topological polar surface area (TPSA) is 149 Å². The molecule has 0 aromatic carbocycles. The molecule has 30 heavy (non-hydrogen) atoms. The van der Waals surface area contributed by atoms with E-state index in [2.05, 4.69) is 19.9 Å². The number of aromatic amines is 4. The third-order valence-electron chi connectivity index (χ3n) is 4.84. The van der Waals surface area contributed by atoms with Crippen molar-refractivity contribution in [2.24, 2.45) is 0 Å². The summed E-state index contributed by atoms with van der Waals surface area (Å²) in [5.74, 6) is 0. The summed E-state index contributed by atoms with van der Waals surface area (Å²) in [7, 11) is 0. The minimum Gasteiger partial charge on any atom is -0.355 e. The van der Waals surface area contributed by atoms with E-state index in [4.69, 9.17) is 0 Å². The van der Waals surface area contributed by atoms with Crippen LogP contribution in [0, 0.1) is 20.2 Å². The van der Waals surface area contributed by atoms with Crippen LogP contribution in [0.15, 0.2) is 48.5 Å². The largest absolute Gasteiger partial charge is 0.355 e. The Morgan fingerprint density at radius 1 is 0.567 bits per heavy atom. The molecule has 0 amide bonds.